The minimum atomic E-state index is 0.663. The normalized spacial score (nSPS) is 14.6. The third-order valence-electron chi connectivity index (χ3n) is 6.02. The lowest BCUT2D eigenvalue weighted by atomic mass is 10.1. The number of hydrogen-bond acceptors (Lipinski definition) is 8. The van der Waals surface area contributed by atoms with E-state index < -0.39 is 0 Å². The summed E-state index contributed by atoms with van der Waals surface area (Å²) in [6, 6.07) is 13.8. The molecule has 0 atom stereocenters. The van der Waals surface area contributed by atoms with E-state index in [0.717, 1.165) is 68.5 Å². The molecule has 0 aliphatic carbocycles. The van der Waals surface area contributed by atoms with E-state index in [1.54, 1.807) is 14.2 Å². The molecule has 1 saturated heterocycles. The highest BCUT2D eigenvalue weighted by Crippen LogP contribution is 2.37. The van der Waals surface area contributed by atoms with E-state index in [1.807, 2.05) is 36.5 Å². The molecule has 0 bridgehead atoms. The van der Waals surface area contributed by atoms with Crippen molar-refractivity contribution in [1.82, 2.24) is 19.9 Å². The fourth-order valence-electron chi connectivity index (χ4n) is 4.25. The fourth-order valence-corrected chi connectivity index (χ4v) is 4.25. The van der Waals surface area contributed by atoms with Crippen LogP contribution in [0.2, 0.25) is 0 Å². The van der Waals surface area contributed by atoms with Gasteiger partial charge in [-0.25, -0.2) is 4.98 Å². The van der Waals surface area contributed by atoms with Crippen molar-refractivity contribution in [2.75, 3.05) is 65.4 Å². The Morgan fingerprint density at radius 1 is 1.03 bits per heavy atom. The second-order valence-electron chi connectivity index (χ2n) is 8.33. The van der Waals surface area contributed by atoms with Crippen LogP contribution in [0, 0.1) is 0 Å². The molecule has 8 heteroatoms. The zero-order chi connectivity index (χ0) is 23.0. The van der Waals surface area contributed by atoms with Crippen LogP contribution in [0.4, 0.5) is 5.82 Å². The van der Waals surface area contributed by atoms with Gasteiger partial charge in [0.25, 0.3) is 0 Å². The molecule has 1 aliphatic rings. The minimum absolute atomic E-state index is 0.663. The van der Waals surface area contributed by atoms with Crippen molar-refractivity contribution in [2.45, 2.75) is 13.0 Å². The van der Waals surface area contributed by atoms with Crippen LogP contribution in [0.15, 0.2) is 53.2 Å². The number of hydrogen-bond donors (Lipinski definition) is 0. The SMILES string of the molecule is COc1cccc(-c2cc(CN(C)CCCN3CCN(c4ccccn4)CC3)on2)c1OC. The van der Waals surface area contributed by atoms with Crippen LogP contribution >= 0.6 is 0 Å². The molecule has 8 nitrogen and oxygen atoms in total. The third-order valence-corrected chi connectivity index (χ3v) is 6.02. The Hall–Kier alpha value is -3.10. The third kappa shape index (κ3) is 5.83. The number of methoxy groups -OCH3 is 2. The van der Waals surface area contributed by atoms with Gasteiger partial charge >= 0.3 is 0 Å². The fraction of sp³-hybridized carbons (Fsp3) is 0.440. The first-order valence-electron chi connectivity index (χ1n) is 11.4. The maximum absolute atomic E-state index is 5.60. The molecule has 4 rings (SSSR count). The van der Waals surface area contributed by atoms with E-state index in [2.05, 4.69) is 44.0 Å². The molecule has 33 heavy (non-hydrogen) atoms. The average Bonchev–Trinajstić information content (AvgIpc) is 3.32. The summed E-state index contributed by atoms with van der Waals surface area (Å²) in [5.41, 5.74) is 1.61. The first kappa shape index (κ1) is 23.1. The number of piperazine rings is 1. The lowest BCUT2D eigenvalue weighted by Crippen LogP contribution is -2.47. The molecule has 1 aromatic carbocycles. The summed E-state index contributed by atoms with van der Waals surface area (Å²) in [6.07, 6.45) is 2.98. The van der Waals surface area contributed by atoms with E-state index in [0.29, 0.717) is 18.0 Å². The molecular weight excluding hydrogens is 418 g/mol. The minimum Gasteiger partial charge on any atom is -0.493 e. The van der Waals surface area contributed by atoms with Gasteiger partial charge < -0.3 is 18.9 Å². The molecule has 3 heterocycles. The monoisotopic (exact) mass is 451 g/mol. The number of anilines is 1. The molecule has 0 unspecified atom stereocenters. The summed E-state index contributed by atoms with van der Waals surface area (Å²) < 4.78 is 16.5. The molecule has 1 aliphatic heterocycles. The van der Waals surface area contributed by atoms with Crippen molar-refractivity contribution in [3.8, 4) is 22.8 Å². The predicted octanol–water partition coefficient (Wildman–Crippen LogP) is 3.40. The zero-order valence-electron chi connectivity index (χ0n) is 19.7. The number of para-hydroxylation sites is 1. The van der Waals surface area contributed by atoms with Gasteiger partial charge in [0.05, 0.1) is 20.8 Å². The van der Waals surface area contributed by atoms with Gasteiger partial charge in [-0.1, -0.05) is 17.3 Å². The van der Waals surface area contributed by atoms with Gasteiger partial charge in [0, 0.05) is 44.0 Å². The van der Waals surface area contributed by atoms with Gasteiger partial charge in [0.2, 0.25) is 0 Å². The molecule has 0 N–H and O–H groups in total. The molecule has 176 valence electrons. The Kier molecular flexibility index (Phi) is 7.80. The molecular formula is C25H33N5O3. The second-order valence-corrected chi connectivity index (χ2v) is 8.33. The summed E-state index contributed by atoms with van der Waals surface area (Å²) in [4.78, 5) is 11.6. The van der Waals surface area contributed by atoms with Crippen LogP contribution in [-0.4, -0.2) is 80.5 Å². The number of rotatable bonds is 10. The Labute approximate surface area is 195 Å². The highest BCUT2D eigenvalue weighted by atomic mass is 16.5. The quantitative estimate of drug-likeness (QED) is 0.465. The maximum atomic E-state index is 5.60. The Morgan fingerprint density at radius 3 is 2.61 bits per heavy atom. The van der Waals surface area contributed by atoms with E-state index >= 15 is 0 Å². The van der Waals surface area contributed by atoms with Gasteiger partial charge in [0.15, 0.2) is 17.3 Å². The number of ether oxygens (including phenoxy) is 2. The van der Waals surface area contributed by atoms with Crippen LogP contribution in [0.1, 0.15) is 12.2 Å². The standard InChI is InChI=1S/C25H33N5O3/c1-28(12-7-13-29-14-16-30(17-15-29)24-10-4-5-11-26-24)19-20-18-22(27-33-20)21-8-6-9-23(31-2)25(21)32-3/h4-6,8-11,18H,7,12-17,19H2,1-3H3. The summed E-state index contributed by atoms with van der Waals surface area (Å²) in [5.74, 6) is 3.25. The van der Waals surface area contributed by atoms with E-state index in [9.17, 15) is 0 Å². The number of aromatic nitrogens is 2. The summed E-state index contributed by atoms with van der Waals surface area (Å²) in [7, 11) is 5.38. The summed E-state index contributed by atoms with van der Waals surface area (Å²) in [5, 5.41) is 4.25. The van der Waals surface area contributed by atoms with Crippen molar-refractivity contribution in [3.63, 3.8) is 0 Å². The predicted molar refractivity (Wildman–Crippen MR) is 129 cm³/mol. The number of nitrogens with zero attached hydrogens (tertiary/aromatic N) is 5. The van der Waals surface area contributed by atoms with Gasteiger partial charge in [-0.2, -0.15) is 0 Å². The van der Waals surface area contributed by atoms with E-state index in [1.165, 1.54) is 0 Å². The summed E-state index contributed by atoms with van der Waals surface area (Å²) >= 11 is 0. The van der Waals surface area contributed by atoms with Gasteiger partial charge in [-0.15, -0.1) is 0 Å². The van der Waals surface area contributed by atoms with Crippen molar-refractivity contribution in [2.24, 2.45) is 0 Å². The van der Waals surface area contributed by atoms with Crippen molar-refractivity contribution in [3.05, 3.63) is 54.4 Å². The van der Waals surface area contributed by atoms with Crippen LogP contribution in [0.25, 0.3) is 11.3 Å². The smallest absolute Gasteiger partial charge is 0.170 e. The van der Waals surface area contributed by atoms with Gasteiger partial charge in [-0.05, 0) is 50.8 Å². The van der Waals surface area contributed by atoms with Crippen molar-refractivity contribution >= 4 is 5.82 Å². The van der Waals surface area contributed by atoms with Crippen molar-refractivity contribution in [1.29, 1.82) is 0 Å². The Morgan fingerprint density at radius 2 is 1.88 bits per heavy atom. The Balaban J connectivity index is 1.22. The van der Waals surface area contributed by atoms with Crippen molar-refractivity contribution < 1.29 is 14.0 Å². The molecule has 0 amide bonds. The summed E-state index contributed by atoms with van der Waals surface area (Å²) in [6.45, 7) is 7.03. The molecule has 0 radical (unpaired) electrons. The molecule has 2 aromatic heterocycles. The molecule has 3 aromatic rings. The average molecular weight is 452 g/mol. The molecule has 0 saturated carbocycles. The largest absolute Gasteiger partial charge is 0.493 e. The topological polar surface area (TPSA) is 67.1 Å². The highest BCUT2D eigenvalue weighted by Gasteiger charge is 2.18. The second kappa shape index (κ2) is 11.2. The first-order chi connectivity index (χ1) is 16.2. The lowest BCUT2D eigenvalue weighted by molar-refractivity contribution is 0.222. The number of benzene rings is 1. The number of pyridine rings is 1. The Bertz CT molecular complexity index is 1000. The van der Waals surface area contributed by atoms with Crippen LogP contribution in [0.5, 0.6) is 11.5 Å². The lowest BCUT2D eigenvalue weighted by Gasteiger charge is -2.35. The van der Waals surface area contributed by atoms with Crippen LogP contribution in [0.3, 0.4) is 0 Å². The van der Waals surface area contributed by atoms with E-state index in [-0.39, 0.29) is 0 Å². The van der Waals surface area contributed by atoms with Crippen LogP contribution < -0.4 is 14.4 Å². The van der Waals surface area contributed by atoms with Crippen LogP contribution in [-0.2, 0) is 6.54 Å². The first-order valence-corrected chi connectivity index (χ1v) is 11.4. The zero-order valence-corrected chi connectivity index (χ0v) is 19.7. The highest BCUT2D eigenvalue weighted by molar-refractivity contribution is 5.71. The molecule has 1 fully saturated rings. The van der Waals surface area contributed by atoms with Gasteiger partial charge in [0.1, 0.15) is 11.5 Å². The molecule has 0 spiro atoms. The van der Waals surface area contributed by atoms with Gasteiger partial charge in [-0.3, -0.25) is 9.80 Å². The maximum Gasteiger partial charge on any atom is 0.170 e. The van der Waals surface area contributed by atoms with E-state index in [4.69, 9.17) is 14.0 Å².